The van der Waals surface area contributed by atoms with E-state index in [1.54, 1.807) is 18.4 Å². The monoisotopic (exact) mass is 226 g/mol. The van der Waals surface area contributed by atoms with E-state index in [1.807, 2.05) is 23.8 Å². The van der Waals surface area contributed by atoms with Crippen LogP contribution in [0.1, 0.15) is 0 Å². The molecule has 0 radical (unpaired) electrons. The zero-order valence-corrected chi connectivity index (χ0v) is 9.54. The van der Waals surface area contributed by atoms with Gasteiger partial charge in [0.1, 0.15) is 0 Å². The van der Waals surface area contributed by atoms with Crippen molar-refractivity contribution < 1.29 is 9.84 Å². The summed E-state index contributed by atoms with van der Waals surface area (Å²) in [4.78, 5) is 0.854. The molecular weight excluding hydrogens is 216 g/mol. The number of hydrogen-bond acceptors (Lipinski definition) is 4. The summed E-state index contributed by atoms with van der Waals surface area (Å²) in [6, 6.07) is 4.01. The number of rotatable bonds is 2. The number of phenols is 1. The highest BCUT2D eigenvalue weighted by molar-refractivity contribution is 7.98. The van der Waals surface area contributed by atoms with E-state index in [-0.39, 0.29) is 5.75 Å². The van der Waals surface area contributed by atoms with Gasteiger partial charge in [0.2, 0.25) is 0 Å². The lowest BCUT2D eigenvalue weighted by atomic mass is 10.2. The molecule has 0 bridgehead atoms. The Kier molecular flexibility index (Phi) is 2.56. The van der Waals surface area contributed by atoms with E-state index in [9.17, 15) is 5.11 Å². The van der Waals surface area contributed by atoms with E-state index in [0.29, 0.717) is 5.75 Å². The molecule has 0 saturated heterocycles. The van der Waals surface area contributed by atoms with Gasteiger partial charge >= 0.3 is 0 Å². The molecule has 0 aliphatic rings. The third kappa shape index (κ3) is 1.35. The summed E-state index contributed by atoms with van der Waals surface area (Å²) in [5.41, 5.74) is 0. The number of ether oxygens (including phenoxy) is 1. The number of phenolic OH excluding ortho intramolecular Hbond substituents is 1. The summed E-state index contributed by atoms with van der Waals surface area (Å²) in [5, 5.41) is 13.0. The van der Waals surface area contributed by atoms with E-state index < -0.39 is 0 Å². The molecule has 0 unspecified atom stereocenters. The summed E-state index contributed by atoms with van der Waals surface area (Å²) < 4.78 is 6.21. The Morgan fingerprint density at radius 1 is 1.50 bits per heavy atom. The van der Waals surface area contributed by atoms with Crippen molar-refractivity contribution in [1.82, 2.24) is 0 Å². The molecule has 0 fully saturated rings. The van der Waals surface area contributed by atoms with Crippen LogP contribution in [0.25, 0.3) is 10.1 Å². The molecule has 2 nitrogen and oxygen atoms in total. The normalized spacial score (nSPS) is 10.7. The molecule has 1 N–H and O–H groups in total. The Balaban J connectivity index is 2.80. The Hall–Kier alpha value is -0.870. The molecule has 2 aromatic rings. The van der Waals surface area contributed by atoms with Gasteiger partial charge in [0.25, 0.3) is 0 Å². The molecular formula is C10H10O2S2. The van der Waals surface area contributed by atoms with Gasteiger partial charge in [-0.15, -0.1) is 23.1 Å². The van der Waals surface area contributed by atoms with Crippen molar-refractivity contribution in [2.45, 2.75) is 4.90 Å². The minimum Gasteiger partial charge on any atom is -0.503 e. The van der Waals surface area contributed by atoms with E-state index in [2.05, 4.69) is 0 Å². The number of thiophene rings is 1. The van der Waals surface area contributed by atoms with Gasteiger partial charge in [-0.2, -0.15) is 0 Å². The van der Waals surface area contributed by atoms with E-state index in [1.165, 1.54) is 11.8 Å². The first kappa shape index (κ1) is 9.68. The molecule has 0 aliphatic heterocycles. The van der Waals surface area contributed by atoms with Gasteiger partial charge < -0.3 is 9.84 Å². The molecule has 2 rings (SSSR count). The first-order chi connectivity index (χ1) is 6.77. The Labute approximate surface area is 90.5 Å². The summed E-state index contributed by atoms with van der Waals surface area (Å²) in [6.45, 7) is 0. The highest BCUT2D eigenvalue weighted by atomic mass is 32.2. The van der Waals surface area contributed by atoms with E-state index >= 15 is 0 Å². The first-order valence-corrected chi connectivity index (χ1v) is 6.19. The molecule has 1 aromatic heterocycles. The molecule has 1 aromatic carbocycles. The van der Waals surface area contributed by atoms with Crippen molar-refractivity contribution in [2.75, 3.05) is 13.4 Å². The van der Waals surface area contributed by atoms with E-state index in [0.717, 1.165) is 15.0 Å². The zero-order valence-electron chi connectivity index (χ0n) is 7.90. The van der Waals surface area contributed by atoms with Crippen LogP contribution in [0, 0.1) is 0 Å². The van der Waals surface area contributed by atoms with Crippen molar-refractivity contribution in [3.05, 3.63) is 17.5 Å². The van der Waals surface area contributed by atoms with Crippen molar-refractivity contribution in [3.63, 3.8) is 0 Å². The predicted octanol–water partition coefficient (Wildman–Crippen LogP) is 3.34. The van der Waals surface area contributed by atoms with Gasteiger partial charge in [0.15, 0.2) is 11.5 Å². The number of benzene rings is 1. The number of thioether (sulfide) groups is 1. The van der Waals surface area contributed by atoms with E-state index in [4.69, 9.17) is 4.74 Å². The molecule has 0 saturated carbocycles. The molecule has 0 aliphatic carbocycles. The number of fused-ring (bicyclic) bond motifs is 1. The Bertz CT molecular complexity index is 462. The maximum absolute atomic E-state index is 9.87. The van der Waals surface area contributed by atoms with Gasteiger partial charge in [0, 0.05) is 0 Å². The Morgan fingerprint density at radius 2 is 2.29 bits per heavy atom. The lowest BCUT2D eigenvalue weighted by Crippen LogP contribution is -1.85. The summed E-state index contributed by atoms with van der Waals surface area (Å²) >= 11 is 3.10. The number of hydrogen-bond donors (Lipinski definition) is 1. The molecule has 0 amide bonds. The first-order valence-electron chi connectivity index (χ1n) is 4.09. The molecule has 1 heterocycles. The summed E-state index contributed by atoms with van der Waals surface area (Å²) in [5.74, 6) is 0.830. The van der Waals surface area contributed by atoms with Gasteiger partial charge in [-0.1, -0.05) is 0 Å². The van der Waals surface area contributed by atoms with Crippen molar-refractivity contribution in [1.29, 1.82) is 0 Å². The highest BCUT2D eigenvalue weighted by Crippen LogP contribution is 2.43. The zero-order chi connectivity index (χ0) is 10.1. The standard InChI is InChI=1S/C10H10O2S2/c1-12-9-8(11)7(13-2)5-6-3-4-14-10(6)9/h3-5,11H,1-2H3. The lowest BCUT2D eigenvalue weighted by Gasteiger charge is -2.08. The average molecular weight is 226 g/mol. The van der Waals surface area contributed by atoms with Crippen LogP contribution in [0.15, 0.2) is 22.4 Å². The van der Waals surface area contributed by atoms with Crippen LogP contribution in [-0.4, -0.2) is 18.5 Å². The lowest BCUT2D eigenvalue weighted by molar-refractivity contribution is 0.372. The second-order valence-electron chi connectivity index (χ2n) is 2.80. The smallest absolute Gasteiger partial charge is 0.179 e. The van der Waals surface area contributed by atoms with Gasteiger partial charge in [-0.3, -0.25) is 0 Å². The summed E-state index contributed by atoms with van der Waals surface area (Å²) in [6.07, 6.45) is 1.94. The van der Waals surface area contributed by atoms with Crippen LogP contribution in [0.4, 0.5) is 0 Å². The SMILES string of the molecule is COc1c(O)c(SC)cc2ccsc12. The number of aromatic hydroxyl groups is 1. The van der Waals surface area contributed by atoms with Crippen LogP contribution >= 0.6 is 23.1 Å². The third-order valence-corrected chi connectivity index (χ3v) is 3.74. The highest BCUT2D eigenvalue weighted by Gasteiger charge is 2.13. The van der Waals surface area contributed by atoms with Gasteiger partial charge in [-0.05, 0) is 29.2 Å². The van der Waals surface area contributed by atoms with Crippen LogP contribution in [0.3, 0.4) is 0 Å². The fraction of sp³-hybridized carbons (Fsp3) is 0.200. The second kappa shape index (κ2) is 3.71. The van der Waals surface area contributed by atoms with Crippen LogP contribution < -0.4 is 4.74 Å². The third-order valence-electron chi connectivity index (χ3n) is 2.06. The fourth-order valence-electron chi connectivity index (χ4n) is 1.39. The average Bonchev–Trinajstić information content (AvgIpc) is 2.64. The topological polar surface area (TPSA) is 29.5 Å². The predicted molar refractivity (Wildman–Crippen MR) is 61.8 cm³/mol. The molecule has 74 valence electrons. The van der Waals surface area contributed by atoms with Gasteiger partial charge in [-0.25, -0.2) is 0 Å². The number of methoxy groups -OCH3 is 1. The quantitative estimate of drug-likeness (QED) is 0.796. The fourth-order valence-corrected chi connectivity index (χ4v) is 2.82. The van der Waals surface area contributed by atoms with Crippen LogP contribution in [0.5, 0.6) is 11.5 Å². The minimum absolute atomic E-state index is 0.245. The summed E-state index contributed by atoms with van der Waals surface area (Å²) in [7, 11) is 1.58. The maximum atomic E-state index is 9.87. The molecule has 4 heteroatoms. The van der Waals surface area contributed by atoms with Crippen LogP contribution in [-0.2, 0) is 0 Å². The van der Waals surface area contributed by atoms with Crippen molar-refractivity contribution in [3.8, 4) is 11.5 Å². The van der Waals surface area contributed by atoms with Gasteiger partial charge in [0.05, 0.1) is 16.7 Å². The largest absolute Gasteiger partial charge is 0.503 e. The van der Waals surface area contributed by atoms with Crippen LogP contribution in [0.2, 0.25) is 0 Å². The Morgan fingerprint density at radius 3 is 2.93 bits per heavy atom. The minimum atomic E-state index is 0.245. The maximum Gasteiger partial charge on any atom is 0.179 e. The molecule has 0 atom stereocenters. The molecule has 14 heavy (non-hydrogen) atoms. The van der Waals surface area contributed by atoms with Crippen molar-refractivity contribution >= 4 is 33.2 Å². The van der Waals surface area contributed by atoms with Crippen molar-refractivity contribution in [2.24, 2.45) is 0 Å². The second-order valence-corrected chi connectivity index (χ2v) is 4.56. The molecule has 0 spiro atoms.